The van der Waals surface area contributed by atoms with Crippen molar-refractivity contribution in [2.24, 2.45) is 5.92 Å². The summed E-state index contributed by atoms with van der Waals surface area (Å²) in [7, 11) is 0. The predicted molar refractivity (Wildman–Crippen MR) is 98.0 cm³/mol. The Morgan fingerprint density at radius 1 is 1.31 bits per heavy atom. The van der Waals surface area contributed by atoms with Crippen molar-refractivity contribution in [3.63, 3.8) is 0 Å². The van der Waals surface area contributed by atoms with Crippen LogP contribution >= 0.6 is 11.6 Å². The van der Waals surface area contributed by atoms with E-state index in [4.69, 9.17) is 16.1 Å². The third kappa shape index (κ3) is 5.27. The lowest BCUT2D eigenvalue weighted by atomic mass is 9.84. The molecule has 1 aliphatic rings. The molecule has 0 amide bonds. The normalized spacial score (nSPS) is 16.5. The quantitative estimate of drug-likeness (QED) is 0.644. The monoisotopic (exact) mass is 377 g/mol. The van der Waals surface area contributed by atoms with Gasteiger partial charge in [0.1, 0.15) is 5.15 Å². The number of halogens is 1. The van der Waals surface area contributed by atoms with Gasteiger partial charge in [0.2, 0.25) is 11.7 Å². The van der Waals surface area contributed by atoms with Crippen LogP contribution in [0.25, 0.3) is 11.4 Å². The summed E-state index contributed by atoms with van der Waals surface area (Å²) in [6.07, 6.45) is 11.1. The van der Waals surface area contributed by atoms with Crippen LogP contribution in [0.5, 0.6) is 0 Å². The Kier molecular flexibility index (Phi) is 6.61. The van der Waals surface area contributed by atoms with Crippen LogP contribution in [0.1, 0.15) is 69.6 Å². The van der Waals surface area contributed by atoms with Gasteiger partial charge in [-0.25, -0.2) is 4.98 Å². The van der Waals surface area contributed by atoms with Crippen molar-refractivity contribution in [3.05, 3.63) is 29.4 Å². The molecule has 1 fully saturated rings. The molecule has 0 bridgehead atoms. The van der Waals surface area contributed by atoms with Crippen molar-refractivity contribution < 1.29 is 14.4 Å². The Hall–Kier alpha value is -1.95. The average molecular weight is 378 g/mol. The number of hydrogen-bond donors (Lipinski definition) is 1. The number of nitrogens with zero attached hydrogens (tertiary/aromatic N) is 3. The van der Waals surface area contributed by atoms with Gasteiger partial charge in [-0.15, -0.1) is 0 Å². The molecule has 2 heterocycles. The minimum atomic E-state index is -0.847. The Morgan fingerprint density at radius 2 is 2.12 bits per heavy atom. The molecule has 7 heteroatoms. The molecule has 1 N–H and O–H groups in total. The molecule has 1 aliphatic carbocycles. The van der Waals surface area contributed by atoms with E-state index >= 15 is 0 Å². The predicted octanol–water partition coefficient (Wildman–Crippen LogP) is 5.09. The first-order chi connectivity index (χ1) is 12.6. The van der Waals surface area contributed by atoms with Crippen molar-refractivity contribution in [3.8, 4) is 11.4 Å². The molecular weight excluding hydrogens is 354 g/mol. The number of aromatic nitrogens is 3. The van der Waals surface area contributed by atoms with Gasteiger partial charge in [-0.1, -0.05) is 61.7 Å². The Balaban J connectivity index is 1.63. The first-order valence-corrected chi connectivity index (χ1v) is 9.67. The van der Waals surface area contributed by atoms with Crippen LogP contribution in [0.3, 0.4) is 0 Å². The van der Waals surface area contributed by atoms with Gasteiger partial charge in [0.05, 0.1) is 6.42 Å². The third-order valence-corrected chi connectivity index (χ3v) is 5.31. The molecule has 6 nitrogen and oxygen atoms in total. The maximum absolute atomic E-state index is 11.2. The summed E-state index contributed by atoms with van der Waals surface area (Å²) in [6, 6.07) is 3.42. The number of carbonyl (C=O) groups is 1. The fourth-order valence-electron chi connectivity index (χ4n) is 3.68. The second-order valence-corrected chi connectivity index (χ2v) is 7.44. The third-order valence-electron chi connectivity index (χ3n) is 5.09. The average Bonchev–Trinajstić information content (AvgIpc) is 3.12. The fourth-order valence-corrected chi connectivity index (χ4v) is 3.79. The molecule has 2 aromatic heterocycles. The summed E-state index contributed by atoms with van der Waals surface area (Å²) < 4.78 is 5.37. The lowest BCUT2D eigenvalue weighted by molar-refractivity contribution is -0.137. The van der Waals surface area contributed by atoms with E-state index < -0.39 is 5.97 Å². The Morgan fingerprint density at radius 3 is 2.81 bits per heavy atom. The number of hydrogen-bond acceptors (Lipinski definition) is 5. The van der Waals surface area contributed by atoms with Crippen LogP contribution in [0.2, 0.25) is 5.15 Å². The largest absolute Gasteiger partial charge is 0.481 e. The Labute approximate surface area is 158 Å². The highest BCUT2D eigenvalue weighted by Crippen LogP contribution is 2.31. The number of carboxylic acid groups (broad SMARTS) is 1. The number of carboxylic acids is 1. The van der Waals surface area contributed by atoms with Gasteiger partial charge >= 0.3 is 5.97 Å². The first-order valence-electron chi connectivity index (χ1n) is 9.29. The van der Waals surface area contributed by atoms with E-state index in [0.717, 1.165) is 25.2 Å². The number of pyridine rings is 1. The molecule has 0 unspecified atom stereocenters. The van der Waals surface area contributed by atoms with E-state index in [1.54, 1.807) is 18.3 Å². The molecule has 2 aromatic rings. The zero-order chi connectivity index (χ0) is 18.4. The summed E-state index contributed by atoms with van der Waals surface area (Å²) in [5.74, 6) is 0.485. The van der Waals surface area contributed by atoms with Gasteiger partial charge in [-0.05, 0) is 24.5 Å². The molecule has 0 aromatic carbocycles. The maximum atomic E-state index is 11.2. The summed E-state index contributed by atoms with van der Waals surface area (Å²) >= 11 is 5.79. The molecule has 0 saturated heterocycles. The first kappa shape index (κ1) is 18.8. The fraction of sp³-hybridized carbons (Fsp3) is 0.579. The van der Waals surface area contributed by atoms with Crippen LogP contribution < -0.4 is 0 Å². The zero-order valence-electron chi connectivity index (χ0n) is 14.7. The van der Waals surface area contributed by atoms with Crippen LogP contribution in [-0.2, 0) is 4.79 Å². The van der Waals surface area contributed by atoms with E-state index in [1.807, 2.05) is 0 Å². The second kappa shape index (κ2) is 9.12. The van der Waals surface area contributed by atoms with Gasteiger partial charge in [0, 0.05) is 17.7 Å². The lowest BCUT2D eigenvalue weighted by Crippen LogP contribution is -2.09. The zero-order valence-corrected chi connectivity index (χ0v) is 15.5. The number of rotatable bonds is 8. The van der Waals surface area contributed by atoms with Gasteiger partial charge < -0.3 is 9.63 Å². The minimum absolute atomic E-state index is 0.00513. The van der Waals surface area contributed by atoms with Gasteiger partial charge in [-0.2, -0.15) is 4.98 Å². The van der Waals surface area contributed by atoms with Crippen molar-refractivity contribution in [1.82, 2.24) is 15.1 Å². The highest BCUT2D eigenvalue weighted by molar-refractivity contribution is 6.29. The van der Waals surface area contributed by atoms with Crippen LogP contribution in [0, 0.1) is 5.92 Å². The maximum Gasteiger partial charge on any atom is 0.304 e. The van der Waals surface area contributed by atoms with Crippen LogP contribution in [0.15, 0.2) is 22.9 Å². The number of aliphatic carboxylic acids is 1. The van der Waals surface area contributed by atoms with Crippen molar-refractivity contribution >= 4 is 17.6 Å². The highest BCUT2D eigenvalue weighted by Gasteiger charge is 2.23. The Bertz CT molecular complexity index is 711. The molecule has 1 saturated carbocycles. The SMILES string of the molecule is O=C(O)C[C@H](CCCC1CCCCC1)c1nc(-c2ccc(Cl)nc2)no1. The molecule has 26 heavy (non-hydrogen) atoms. The topological polar surface area (TPSA) is 89.1 Å². The minimum Gasteiger partial charge on any atom is -0.481 e. The van der Waals surface area contributed by atoms with Gasteiger partial charge in [0.15, 0.2) is 0 Å². The van der Waals surface area contributed by atoms with Crippen LogP contribution in [0.4, 0.5) is 0 Å². The molecule has 1 atom stereocenters. The summed E-state index contributed by atoms with van der Waals surface area (Å²) in [5, 5.41) is 13.6. The molecule has 140 valence electrons. The van der Waals surface area contributed by atoms with Crippen molar-refractivity contribution in [1.29, 1.82) is 0 Å². The van der Waals surface area contributed by atoms with E-state index in [-0.39, 0.29) is 12.3 Å². The van der Waals surface area contributed by atoms with E-state index in [9.17, 15) is 9.90 Å². The summed E-state index contributed by atoms with van der Waals surface area (Å²) in [4.78, 5) is 19.7. The van der Waals surface area contributed by atoms with Crippen LogP contribution in [-0.4, -0.2) is 26.2 Å². The molecule has 0 radical (unpaired) electrons. The van der Waals surface area contributed by atoms with E-state index in [2.05, 4.69) is 15.1 Å². The lowest BCUT2D eigenvalue weighted by Gasteiger charge is -2.21. The summed E-state index contributed by atoms with van der Waals surface area (Å²) in [5.41, 5.74) is 0.695. The molecule has 3 rings (SSSR count). The standard InChI is InChI=1S/C19H24ClN3O3/c20-16-10-9-15(12-21-16)18-22-19(26-23-18)14(11-17(24)25)8-4-7-13-5-2-1-3-6-13/h9-10,12-14H,1-8,11H2,(H,24,25)/t14-/m0/s1. The smallest absolute Gasteiger partial charge is 0.304 e. The van der Waals surface area contributed by atoms with Crippen molar-refractivity contribution in [2.45, 2.75) is 63.7 Å². The molecule has 0 aliphatic heterocycles. The van der Waals surface area contributed by atoms with Gasteiger partial charge in [0.25, 0.3) is 0 Å². The van der Waals surface area contributed by atoms with E-state index in [0.29, 0.717) is 22.4 Å². The van der Waals surface area contributed by atoms with Gasteiger partial charge in [-0.3, -0.25) is 4.79 Å². The summed E-state index contributed by atoms with van der Waals surface area (Å²) in [6.45, 7) is 0. The van der Waals surface area contributed by atoms with E-state index in [1.165, 1.54) is 32.1 Å². The molecular formula is C19H24ClN3O3. The highest BCUT2D eigenvalue weighted by atomic mass is 35.5. The second-order valence-electron chi connectivity index (χ2n) is 7.06. The van der Waals surface area contributed by atoms with Crippen molar-refractivity contribution in [2.75, 3.05) is 0 Å². The molecule has 0 spiro atoms.